The number of aliphatic hydroxyl groups is 2. The van der Waals surface area contributed by atoms with Crippen LogP contribution in [0, 0.1) is 14.9 Å². The first kappa shape index (κ1) is 33.0. The van der Waals surface area contributed by atoms with Crippen molar-refractivity contribution in [2.75, 3.05) is 13.2 Å². The van der Waals surface area contributed by atoms with Gasteiger partial charge in [-0.25, -0.2) is 0 Å². The molecule has 0 aromatic carbocycles. The van der Waals surface area contributed by atoms with Gasteiger partial charge >= 0.3 is 0 Å². The Morgan fingerprint density at radius 3 is 0.889 bits per heavy atom. The number of aliphatic hydroxyl groups excluding tert-OH is 2. The van der Waals surface area contributed by atoms with Gasteiger partial charge in [0.2, 0.25) is 0 Å². The molecule has 0 aromatic heterocycles. The fraction of sp³-hybridized carbons (Fsp3) is 0.667. The van der Waals surface area contributed by atoms with E-state index < -0.39 is 0 Å². The third kappa shape index (κ3) is 649. The SMILES string of the molecule is CCO.CCO.[CH3-].[CH3-].[Hf]. The van der Waals surface area contributed by atoms with E-state index in [1.54, 1.807) is 13.8 Å². The molecule has 0 aromatic rings. The van der Waals surface area contributed by atoms with Gasteiger partial charge in [-0.05, 0) is 13.8 Å². The van der Waals surface area contributed by atoms with Crippen LogP contribution in [-0.4, -0.2) is 23.4 Å². The van der Waals surface area contributed by atoms with Gasteiger partial charge in [-0.1, -0.05) is 0 Å². The van der Waals surface area contributed by atoms with E-state index in [0.29, 0.717) is 0 Å². The molecule has 9 heavy (non-hydrogen) atoms. The predicted octanol–water partition coefficient (Wildman–Crippen LogP) is 0.895. The van der Waals surface area contributed by atoms with E-state index in [2.05, 4.69) is 0 Å². The molecule has 0 spiro atoms. The molecule has 2 N–H and O–H groups in total. The van der Waals surface area contributed by atoms with Gasteiger partial charge in [0.1, 0.15) is 0 Å². The average Bonchev–Trinajstić information content (AvgIpc) is 1.39. The topological polar surface area (TPSA) is 40.5 Å². The number of rotatable bonds is 0. The smallest absolute Gasteiger partial charge is 0.0402 e. The van der Waals surface area contributed by atoms with Crippen LogP contribution in [0.2, 0.25) is 0 Å². The molecule has 0 saturated heterocycles. The first-order valence-electron chi connectivity index (χ1n) is 2.05. The second-order valence-corrected chi connectivity index (χ2v) is 0.632. The molecule has 0 aliphatic heterocycles. The normalized spacial score (nSPS) is 4.00. The van der Waals surface area contributed by atoms with Crippen molar-refractivity contribution in [2.24, 2.45) is 0 Å². The molecule has 0 aliphatic rings. The molecule has 0 fully saturated rings. The van der Waals surface area contributed by atoms with Gasteiger partial charge in [-0.3, -0.25) is 0 Å². The maximum absolute atomic E-state index is 7.57. The largest absolute Gasteiger partial charge is 0.397 e. The minimum Gasteiger partial charge on any atom is -0.397 e. The summed E-state index contributed by atoms with van der Waals surface area (Å²) in [6.45, 7) is 3.86. The van der Waals surface area contributed by atoms with Crippen molar-refractivity contribution in [2.45, 2.75) is 13.8 Å². The summed E-state index contributed by atoms with van der Waals surface area (Å²) in [5, 5.41) is 15.1. The van der Waals surface area contributed by atoms with Crippen LogP contribution in [-0.2, 0) is 25.8 Å². The van der Waals surface area contributed by atoms with E-state index >= 15 is 0 Å². The molecule has 0 bridgehead atoms. The Hall–Kier alpha value is 0.790. The van der Waals surface area contributed by atoms with E-state index in [4.69, 9.17) is 10.2 Å². The molecule has 0 rings (SSSR count). The molecule has 0 heterocycles. The average molecular weight is 301 g/mol. The minimum absolute atomic E-state index is 0. The van der Waals surface area contributed by atoms with Crippen molar-refractivity contribution in [3.8, 4) is 0 Å². The third-order valence-corrected chi connectivity index (χ3v) is 0. The van der Waals surface area contributed by atoms with Crippen LogP contribution in [0.15, 0.2) is 0 Å². The second-order valence-electron chi connectivity index (χ2n) is 0.632. The summed E-state index contributed by atoms with van der Waals surface area (Å²) in [5.41, 5.74) is 0. The molecule has 2 nitrogen and oxygen atoms in total. The maximum Gasteiger partial charge on any atom is 0.0402 e. The predicted molar refractivity (Wildman–Crippen MR) is 38.3 cm³/mol. The van der Waals surface area contributed by atoms with Gasteiger partial charge in [0.25, 0.3) is 0 Å². The van der Waals surface area contributed by atoms with E-state index in [9.17, 15) is 0 Å². The van der Waals surface area contributed by atoms with Crippen LogP contribution >= 0.6 is 0 Å². The van der Waals surface area contributed by atoms with Crippen molar-refractivity contribution in [3.63, 3.8) is 0 Å². The van der Waals surface area contributed by atoms with Gasteiger partial charge in [0, 0.05) is 39.1 Å². The van der Waals surface area contributed by atoms with Crippen LogP contribution in [0.3, 0.4) is 0 Å². The Kier molecular flexibility index (Phi) is 251. The Bertz CT molecular complexity index is 13.0. The molecule has 0 unspecified atom stereocenters. The van der Waals surface area contributed by atoms with E-state index in [-0.39, 0.29) is 53.9 Å². The molecule has 0 amide bonds. The fourth-order valence-corrected chi connectivity index (χ4v) is 0. The van der Waals surface area contributed by atoms with Gasteiger partial charge in [0.05, 0.1) is 0 Å². The first-order chi connectivity index (χ1) is 2.83. The molecular weight excluding hydrogens is 283 g/mol. The van der Waals surface area contributed by atoms with Crippen LogP contribution in [0.4, 0.5) is 0 Å². The van der Waals surface area contributed by atoms with Crippen molar-refractivity contribution in [1.29, 1.82) is 0 Å². The van der Waals surface area contributed by atoms with Crippen LogP contribution in [0.1, 0.15) is 13.8 Å². The second kappa shape index (κ2) is 68.5. The van der Waals surface area contributed by atoms with E-state index in [1.807, 2.05) is 0 Å². The molecular formula is C6H18HfO2-2. The summed E-state index contributed by atoms with van der Waals surface area (Å²) in [4.78, 5) is 0. The first-order valence-corrected chi connectivity index (χ1v) is 2.05. The van der Waals surface area contributed by atoms with E-state index in [0.717, 1.165) is 0 Å². The summed E-state index contributed by atoms with van der Waals surface area (Å²) in [6, 6.07) is 0. The molecule has 0 atom stereocenters. The third-order valence-electron chi connectivity index (χ3n) is 0. The van der Waals surface area contributed by atoms with Crippen LogP contribution in [0.5, 0.6) is 0 Å². The zero-order valence-electron chi connectivity index (χ0n) is 6.81. The maximum atomic E-state index is 7.57. The summed E-state index contributed by atoms with van der Waals surface area (Å²) in [7, 11) is 0. The standard InChI is InChI=1S/2C2H6O.2CH3.Hf/c2*1-2-3;;;/h2*3H,2H2,1H3;2*1H3;/q;;2*-1;. The number of hydrogen-bond donors (Lipinski definition) is 2. The zero-order chi connectivity index (χ0) is 5.41. The Morgan fingerprint density at radius 2 is 0.889 bits per heavy atom. The van der Waals surface area contributed by atoms with Crippen LogP contribution < -0.4 is 0 Å². The molecule has 3 heteroatoms. The number of hydrogen-bond acceptors (Lipinski definition) is 2. The Labute approximate surface area is 78.1 Å². The van der Waals surface area contributed by atoms with E-state index in [1.165, 1.54) is 0 Å². The summed E-state index contributed by atoms with van der Waals surface area (Å²) >= 11 is 0. The van der Waals surface area contributed by atoms with Gasteiger partial charge in [-0.15, -0.1) is 0 Å². The van der Waals surface area contributed by atoms with Gasteiger partial charge in [0.15, 0.2) is 0 Å². The molecule has 60 valence electrons. The van der Waals surface area contributed by atoms with Crippen molar-refractivity contribution < 1.29 is 36.1 Å². The van der Waals surface area contributed by atoms with Crippen LogP contribution in [0.25, 0.3) is 0 Å². The zero-order valence-corrected chi connectivity index (χ0v) is 10.4. The van der Waals surface area contributed by atoms with Crippen molar-refractivity contribution in [3.05, 3.63) is 14.9 Å². The monoisotopic (exact) mass is 302 g/mol. The Balaban J connectivity index is -0.00000000889. The summed E-state index contributed by atoms with van der Waals surface area (Å²) in [5.74, 6) is 0. The fourth-order valence-electron chi connectivity index (χ4n) is 0. The minimum atomic E-state index is 0. The summed E-state index contributed by atoms with van der Waals surface area (Å²) < 4.78 is 0. The van der Waals surface area contributed by atoms with Crippen molar-refractivity contribution in [1.82, 2.24) is 0 Å². The molecule has 0 saturated carbocycles. The van der Waals surface area contributed by atoms with Gasteiger partial charge < -0.3 is 25.1 Å². The quantitative estimate of drug-likeness (QED) is 0.515. The Morgan fingerprint density at radius 1 is 0.889 bits per heavy atom. The van der Waals surface area contributed by atoms with Gasteiger partial charge in [-0.2, -0.15) is 0 Å². The molecule has 0 radical (unpaired) electrons. The summed E-state index contributed by atoms with van der Waals surface area (Å²) in [6.07, 6.45) is 0. The van der Waals surface area contributed by atoms with Crippen molar-refractivity contribution >= 4 is 0 Å². The molecule has 0 aliphatic carbocycles.